The van der Waals surface area contributed by atoms with Crippen LogP contribution in [0, 0.1) is 11.8 Å². The number of hydrogen-bond acceptors (Lipinski definition) is 4. The van der Waals surface area contributed by atoms with E-state index in [1.54, 1.807) is 11.3 Å². The minimum atomic E-state index is 0.755. The van der Waals surface area contributed by atoms with Gasteiger partial charge in [-0.25, -0.2) is 4.98 Å². The molecule has 3 nitrogen and oxygen atoms in total. The number of rotatable bonds is 5. The molecule has 0 atom stereocenters. The van der Waals surface area contributed by atoms with Gasteiger partial charge in [0.15, 0.2) is 5.13 Å². The van der Waals surface area contributed by atoms with E-state index in [0.717, 1.165) is 18.4 Å². The number of anilines is 1. The smallest absolute Gasteiger partial charge is 0.185 e. The maximum atomic E-state index is 4.38. The molecular formula is C13H23N3S. The normalized spacial score (nSPS) is 17.9. The molecule has 1 saturated heterocycles. The van der Waals surface area contributed by atoms with Gasteiger partial charge in [-0.2, -0.15) is 0 Å². The minimum Gasteiger partial charge on any atom is -0.348 e. The second-order valence-corrected chi connectivity index (χ2v) is 6.17. The van der Waals surface area contributed by atoms with E-state index < -0.39 is 0 Å². The molecule has 96 valence electrons. The third-order valence-corrected chi connectivity index (χ3v) is 4.12. The van der Waals surface area contributed by atoms with Gasteiger partial charge in [0, 0.05) is 24.7 Å². The van der Waals surface area contributed by atoms with Crippen LogP contribution in [0.4, 0.5) is 5.13 Å². The Morgan fingerprint density at radius 1 is 1.47 bits per heavy atom. The highest BCUT2D eigenvalue weighted by molar-refractivity contribution is 7.13. The summed E-state index contributed by atoms with van der Waals surface area (Å²) in [6, 6.07) is 0. The topological polar surface area (TPSA) is 28.2 Å². The summed E-state index contributed by atoms with van der Waals surface area (Å²) in [5, 5.41) is 6.83. The first-order chi connectivity index (χ1) is 8.25. The van der Waals surface area contributed by atoms with Crippen LogP contribution in [0.5, 0.6) is 0 Å². The van der Waals surface area contributed by atoms with Gasteiger partial charge in [-0.3, -0.25) is 0 Å². The lowest BCUT2D eigenvalue weighted by Crippen LogP contribution is -2.37. The van der Waals surface area contributed by atoms with E-state index in [1.807, 2.05) is 6.20 Å². The molecule has 1 aliphatic heterocycles. The van der Waals surface area contributed by atoms with Crippen molar-refractivity contribution in [2.24, 2.45) is 11.8 Å². The van der Waals surface area contributed by atoms with Crippen LogP contribution in [0.2, 0.25) is 0 Å². The minimum absolute atomic E-state index is 0.755. The lowest BCUT2D eigenvalue weighted by atomic mass is 9.97. The molecule has 0 bridgehead atoms. The quantitative estimate of drug-likeness (QED) is 0.874. The molecule has 0 amide bonds. The summed E-state index contributed by atoms with van der Waals surface area (Å²) in [6.45, 7) is 9.19. The molecule has 0 spiro atoms. The van der Waals surface area contributed by atoms with Gasteiger partial charge in [0.2, 0.25) is 0 Å². The average molecular weight is 253 g/mol. The van der Waals surface area contributed by atoms with Gasteiger partial charge in [-0.05, 0) is 37.8 Å². The average Bonchev–Trinajstić information content (AvgIpc) is 2.83. The van der Waals surface area contributed by atoms with E-state index in [2.05, 4.69) is 34.4 Å². The van der Waals surface area contributed by atoms with E-state index in [0.29, 0.717) is 0 Å². The van der Waals surface area contributed by atoms with E-state index in [1.165, 1.54) is 37.6 Å². The Morgan fingerprint density at radius 2 is 2.24 bits per heavy atom. The van der Waals surface area contributed by atoms with Crippen molar-refractivity contribution in [1.82, 2.24) is 10.3 Å². The van der Waals surface area contributed by atoms with E-state index in [-0.39, 0.29) is 0 Å². The molecule has 0 aromatic carbocycles. The van der Waals surface area contributed by atoms with Crippen LogP contribution in [-0.2, 0) is 0 Å². The Labute approximate surface area is 108 Å². The molecule has 17 heavy (non-hydrogen) atoms. The van der Waals surface area contributed by atoms with Crippen molar-refractivity contribution < 1.29 is 0 Å². The molecule has 0 unspecified atom stereocenters. The Hall–Kier alpha value is -0.610. The zero-order valence-electron chi connectivity index (χ0n) is 10.9. The fraction of sp³-hybridized carbons (Fsp3) is 0.769. The van der Waals surface area contributed by atoms with E-state index in [9.17, 15) is 0 Å². The highest BCUT2D eigenvalue weighted by atomic mass is 32.1. The molecule has 2 rings (SSSR count). The van der Waals surface area contributed by atoms with Gasteiger partial charge in [0.1, 0.15) is 0 Å². The summed E-state index contributed by atoms with van der Waals surface area (Å²) in [6.07, 6.45) is 4.49. The number of nitrogens with one attached hydrogen (secondary N) is 1. The van der Waals surface area contributed by atoms with Crippen LogP contribution in [-0.4, -0.2) is 31.2 Å². The van der Waals surface area contributed by atoms with E-state index in [4.69, 9.17) is 0 Å². The van der Waals surface area contributed by atoms with Crippen molar-refractivity contribution in [2.75, 3.05) is 31.1 Å². The highest BCUT2D eigenvalue weighted by Gasteiger charge is 2.20. The van der Waals surface area contributed by atoms with E-state index >= 15 is 0 Å². The zero-order chi connectivity index (χ0) is 12.1. The second kappa shape index (κ2) is 6.36. The number of thiazole rings is 1. The third-order valence-electron chi connectivity index (χ3n) is 3.29. The first kappa shape index (κ1) is 12.8. The Kier molecular flexibility index (Phi) is 4.80. The second-order valence-electron chi connectivity index (χ2n) is 5.30. The third kappa shape index (κ3) is 3.96. The van der Waals surface area contributed by atoms with Crippen molar-refractivity contribution in [2.45, 2.75) is 26.7 Å². The van der Waals surface area contributed by atoms with Crippen LogP contribution in [0.1, 0.15) is 26.7 Å². The van der Waals surface area contributed by atoms with Crippen LogP contribution >= 0.6 is 11.3 Å². The Balaban J connectivity index is 1.68. The molecule has 1 aromatic heterocycles. The first-order valence-corrected chi connectivity index (χ1v) is 7.49. The number of piperidine rings is 1. The van der Waals surface area contributed by atoms with Gasteiger partial charge in [-0.15, -0.1) is 11.3 Å². The summed E-state index contributed by atoms with van der Waals surface area (Å²) in [5.74, 6) is 1.61. The fourth-order valence-corrected chi connectivity index (χ4v) is 2.97. The maximum absolute atomic E-state index is 4.38. The summed E-state index contributed by atoms with van der Waals surface area (Å²) < 4.78 is 0. The molecule has 2 heterocycles. The lowest BCUT2D eigenvalue weighted by molar-refractivity contribution is 0.374. The molecule has 0 aliphatic carbocycles. The number of hydrogen-bond donors (Lipinski definition) is 1. The molecular weight excluding hydrogens is 230 g/mol. The summed E-state index contributed by atoms with van der Waals surface area (Å²) in [7, 11) is 0. The van der Waals surface area contributed by atoms with Crippen molar-refractivity contribution in [3.63, 3.8) is 0 Å². The molecule has 1 aliphatic rings. The largest absolute Gasteiger partial charge is 0.348 e. The molecule has 1 N–H and O–H groups in total. The molecule has 0 radical (unpaired) electrons. The zero-order valence-corrected chi connectivity index (χ0v) is 11.7. The Morgan fingerprint density at radius 3 is 2.82 bits per heavy atom. The highest BCUT2D eigenvalue weighted by Crippen LogP contribution is 2.24. The first-order valence-electron chi connectivity index (χ1n) is 6.61. The molecule has 4 heteroatoms. The number of nitrogens with zero attached hydrogens (tertiary/aromatic N) is 2. The molecule has 1 aromatic rings. The van der Waals surface area contributed by atoms with Gasteiger partial charge in [-0.1, -0.05) is 13.8 Å². The maximum Gasteiger partial charge on any atom is 0.185 e. The van der Waals surface area contributed by atoms with Crippen molar-refractivity contribution >= 4 is 16.5 Å². The monoisotopic (exact) mass is 253 g/mol. The number of aromatic nitrogens is 1. The summed E-state index contributed by atoms with van der Waals surface area (Å²) >= 11 is 1.75. The standard InChI is InChI=1S/C13H23N3S/c1-11(2)9-14-10-12-3-6-16(7-4-12)13-15-5-8-17-13/h5,8,11-12,14H,3-4,6-7,9-10H2,1-2H3. The van der Waals surface area contributed by atoms with Gasteiger partial charge in [0.05, 0.1) is 0 Å². The fourth-order valence-electron chi connectivity index (χ4n) is 2.28. The summed E-state index contributed by atoms with van der Waals surface area (Å²) in [4.78, 5) is 6.80. The van der Waals surface area contributed by atoms with Gasteiger partial charge in [0.25, 0.3) is 0 Å². The SMILES string of the molecule is CC(C)CNCC1CCN(c2nccs2)CC1. The lowest BCUT2D eigenvalue weighted by Gasteiger charge is -2.32. The van der Waals surface area contributed by atoms with Crippen molar-refractivity contribution in [3.05, 3.63) is 11.6 Å². The molecule has 1 fully saturated rings. The van der Waals surface area contributed by atoms with Crippen molar-refractivity contribution in [3.8, 4) is 0 Å². The molecule has 0 saturated carbocycles. The Bertz CT molecular complexity index is 302. The predicted octanol–water partition coefficient (Wildman–Crippen LogP) is 2.61. The van der Waals surface area contributed by atoms with Crippen LogP contribution in [0.15, 0.2) is 11.6 Å². The summed E-state index contributed by atoms with van der Waals surface area (Å²) in [5.41, 5.74) is 0. The van der Waals surface area contributed by atoms with Crippen LogP contribution < -0.4 is 10.2 Å². The van der Waals surface area contributed by atoms with Gasteiger partial charge < -0.3 is 10.2 Å². The van der Waals surface area contributed by atoms with Crippen LogP contribution in [0.3, 0.4) is 0 Å². The predicted molar refractivity (Wildman–Crippen MR) is 74.8 cm³/mol. The van der Waals surface area contributed by atoms with Gasteiger partial charge >= 0.3 is 0 Å². The van der Waals surface area contributed by atoms with Crippen LogP contribution in [0.25, 0.3) is 0 Å². The van der Waals surface area contributed by atoms with Crippen molar-refractivity contribution in [1.29, 1.82) is 0 Å².